The molecule has 142 valence electrons. The lowest BCUT2D eigenvalue weighted by molar-refractivity contribution is -0.146. The number of thioether (sulfide) groups is 1. The van der Waals surface area contributed by atoms with Crippen LogP contribution in [0.5, 0.6) is 5.75 Å². The number of methoxy groups -OCH3 is 1. The molecule has 26 heavy (non-hydrogen) atoms. The number of carbonyl (C=O) groups excluding carboxylic acids is 1. The zero-order valence-electron chi connectivity index (χ0n) is 15.8. The Balaban J connectivity index is 1.44. The third-order valence-electron chi connectivity index (χ3n) is 6.42. The second-order valence-electron chi connectivity index (χ2n) is 8.03. The van der Waals surface area contributed by atoms with Crippen LogP contribution in [0.1, 0.15) is 37.7 Å². The van der Waals surface area contributed by atoms with Crippen LogP contribution in [0.4, 0.5) is 0 Å². The quantitative estimate of drug-likeness (QED) is 0.809. The number of benzene rings is 1. The summed E-state index contributed by atoms with van der Waals surface area (Å²) in [7, 11) is 1.69. The number of carbonyl (C=O) groups is 1. The molecule has 1 aromatic rings. The number of hydrogen-bond acceptors (Lipinski definition) is 4. The van der Waals surface area contributed by atoms with Crippen molar-refractivity contribution in [1.82, 2.24) is 9.80 Å². The zero-order chi connectivity index (χ0) is 18.0. The van der Waals surface area contributed by atoms with Gasteiger partial charge in [0, 0.05) is 25.7 Å². The van der Waals surface area contributed by atoms with E-state index in [1.54, 1.807) is 7.11 Å². The van der Waals surface area contributed by atoms with Gasteiger partial charge in [-0.25, -0.2) is 0 Å². The maximum Gasteiger partial charge on any atom is 0.230 e. The van der Waals surface area contributed by atoms with E-state index in [0.717, 1.165) is 50.2 Å². The third-order valence-corrected chi connectivity index (χ3v) is 7.47. The number of rotatable bonds is 4. The lowest BCUT2D eigenvalue weighted by atomic mass is 9.78. The Morgan fingerprint density at radius 3 is 2.88 bits per heavy atom. The summed E-state index contributed by atoms with van der Waals surface area (Å²) in [4.78, 5) is 18.1. The maximum absolute atomic E-state index is 13.4. The molecule has 4 rings (SSSR count). The lowest BCUT2D eigenvalue weighted by Gasteiger charge is -2.40. The van der Waals surface area contributed by atoms with Gasteiger partial charge in [0.1, 0.15) is 5.75 Å². The molecule has 1 aromatic carbocycles. The van der Waals surface area contributed by atoms with Crippen LogP contribution in [0.15, 0.2) is 24.3 Å². The molecule has 0 saturated carbocycles. The summed E-state index contributed by atoms with van der Waals surface area (Å²) in [6.45, 7) is 3.68. The molecule has 1 amide bonds. The number of nitrogens with zero attached hydrogens (tertiary/aromatic N) is 2. The normalized spacial score (nSPS) is 28.0. The van der Waals surface area contributed by atoms with E-state index in [1.165, 1.54) is 24.3 Å². The molecular formula is C21H30N2O2S. The minimum absolute atomic E-state index is 0.123. The maximum atomic E-state index is 13.4. The average Bonchev–Trinajstić information content (AvgIpc) is 3.12. The van der Waals surface area contributed by atoms with Gasteiger partial charge >= 0.3 is 0 Å². The van der Waals surface area contributed by atoms with Gasteiger partial charge in [0.05, 0.1) is 12.5 Å². The van der Waals surface area contributed by atoms with Gasteiger partial charge in [-0.2, -0.15) is 11.8 Å². The van der Waals surface area contributed by atoms with Gasteiger partial charge in [-0.15, -0.1) is 0 Å². The standard InChI is InChI=1S/C21H30N2O2S/c1-25-19-5-2-4-17(14-19)15-22-10-3-8-21(20(22)24)9-11-23(16-21)18-6-12-26-13-7-18/h2,4-5,14,18H,3,6-13,15-16H2,1H3. The highest BCUT2D eigenvalue weighted by molar-refractivity contribution is 7.99. The molecule has 3 aliphatic rings. The van der Waals surface area contributed by atoms with Crippen molar-refractivity contribution in [3.05, 3.63) is 29.8 Å². The summed E-state index contributed by atoms with van der Waals surface area (Å²) in [5, 5.41) is 0. The van der Waals surface area contributed by atoms with E-state index in [0.29, 0.717) is 18.5 Å². The van der Waals surface area contributed by atoms with Crippen molar-refractivity contribution in [2.75, 3.05) is 38.2 Å². The summed E-state index contributed by atoms with van der Waals surface area (Å²) in [5.41, 5.74) is 1.04. The number of amides is 1. The van der Waals surface area contributed by atoms with Gasteiger partial charge in [0.25, 0.3) is 0 Å². The first-order chi connectivity index (χ1) is 12.7. The van der Waals surface area contributed by atoms with E-state index in [-0.39, 0.29) is 5.41 Å². The first kappa shape index (κ1) is 18.2. The molecule has 4 nitrogen and oxygen atoms in total. The molecule has 0 N–H and O–H groups in total. The fourth-order valence-corrected chi connectivity index (χ4v) is 6.02. The van der Waals surface area contributed by atoms with Crippen LogP contribution in [0.25, 0.3) is 0 Å². The van der Waals surface area contributed by atoms with E-state index in [1.807, 2.05) is 12.1 Å². The SMILES string of the molecule is COc1cccc(CN2CCCC3(CCN(C4CCSCC4)C3)C2=O)c1. The number of piperidine rings is 1. The third kappa shape index (κ3) is 3.61. The van der Waals surface area contributed by atoms with E-state index in [4.69, 9.17) is 4.74 Å². The minimum Gasteiger partial charge on any atom is -0.497 e. The molecule has 0 aliphatic carbocycles. The molecule has 3 saturated heterocycles. The van der Waals surface area contributed by atoms with Gasteiger partial charge in [0.2, 0.25) is 5.91 Å². The van der Waals surface area contributed by atoms with Crippen LogP contribution >= 0.6 is 11.8 Å². The Morgan fingerprint density at radius 2 is 2.08 bits per heavy atom. The van der Waals surface area contributed by atoms with Gasteiger partial charge in [-0.3, -0.25) is 9.69 Å². The van der Waals surface area contributed by atoms with E-state index in [9.17, 15) is 4.79 Å². The van der Waals surface area contributed by atoms with E-state index < -0.39 is 0 Å². The summed E-state index contributed by atoms with van der Waals surface area (Å²) < 4.78 is 5.33. The zero-order valence-corrected chi connectivity index (χ0v) is 16.6. The molecule has 1 unspecified atom stereocenters. The van der Waals surface area contributed by atoms with Crippen molar-refractivity contribution in [2.45, 2.75) is 44.7 Å². The molecule has 3 heterocycles. The average molecular weight is 375 g/mol. The highest BCUT2D eigenvalue weighted by atomic mass is 32.2. The molecule has 3 aliphatic heterocycles. The molecule has 5 heteroatoms. The predicted octanol–water partition coefficient (Wildman–Crippen LogP) is 3.41. The largest absolute Gasteiger partial charge is 0.497 e. The Hall–Kier alpha value is -1.20. The molecule has 3 fully saturated rings. The lowest BCUT2D eigenvalue weighted by Crippen LogP contribution is -2.50. The molecule has 1 atom stereocenters. The Kier molecular flexibility index (Phi) is 5.46. The molecule has 0 bridgehead atoms. The topological polar surface area (TPSA) is 32.8 Å². The van der Waals surface area contributed by atoms with Crippen molar-refractivity contribution >= 4 is 17.7 Å². The monoisotopic (exact) mass is 374 g/mol. The molecule has 0 radical (unpaired) electrons. The van der Waals surface area contributed by atoms with Crippen molar-refractivity contribution < 1.29 is 9.53 Å². The summed E-state index contributed by atoms with van der Waals surface area (Å²) in [6, 6.07) is 8.82. The molecule has 1 spiro atoms. The van der Waals surface area contributed by atoms with Crippen LogP contribution in [0.2, 0.25) is 0 Å². The fraction of sp³-hybridized carbons (Fsp3) is 0.667. The van der Waals surface area contributed by atoms with Gasteiger partial charge in [0.15, 0.2) is 0 Å². The molecular weight excluding hydrogens is 344 g/mol. The second kappa shape index (κ2) is 7.81. The van der Waals surface area contributed by atoms with Crippen LogP contribution in [0, 0.1) is 5.41 Å². The van der Waals surface area contributed by atoms with Gasteiger partial charge in [-0.1, -0.05) is 12.1 Å². The van der Waals surface area contributed by atoms with Crippen LogP contribution in [0.3, 0.4) is 0 Å². The second-order valence-corrected chi connectivity index (χ2v) is 9.25. The number of ether oxygens (including phenoxy) is 1. The first-order valence-corrected chi connectivity index (χ1v) is 11.1. The molecule has 0 aromatic heterocycles. The van der Waals surface area contributed by atoms with Crippen LogP contribution < -0.4 is 4.74 Å². The highest BCUT2D eigenvalue weighted by Crippen LogP contribution is 2.42. The summed E-state index contributed by atoms with van der Waals surface area (Å²) >= 11 is 2.08. The van der Waals surface area contributed by atoms with Crippen molar-refractivity contribution in [2.24, 2.45) is 5.41 Å². The Labute approximate surface area is 161 Å². The van der Waals surface area contributed by atoms with Gasteiger partial charge in [-0.05, 0) is 67.9 Å². The van der Waals surface area contributed by atoms with E-state index in [2.05, 4.69) is 33.7 Å². The minimum atomic E-state index is -0.123. The fourth-order valence-electron chi connectivity index (χ4n) is 4.94. The Bertz CT molecular complexity index is 647. The van der Waals surface area contributed by atoms with Crippen molar-refractivity contribution in [1.29, 1.82) is 0 Å². The number of hydrogen-bond donors (Lipinski definition) is 0. The van der Waals surface area contributed by atoms with Crippen LogP contribution in [-0.2, 0) is 11.3 Å². The van der Waals surface area contributed by atoms with Gasteiger partial charge < -0.3 is 9.64 Å². The van der Waals surface area contributed by atoms with E-state index >= 15 is 0 Å². The summed E-state index contributed by atoms with van der Waals surface area (Å²) in [5.74, 6) is 3.82. The highest BCUT2D eigenvalue weighted by Gasteiger charge is 2.49. The smallest absolute Gasteiger partial charge is 0.230 e. The van der Waals surface area contributed by atoms with Crippen molar-refractivity contribution in [3.8, 4) is 5.75 Å². The summed E-state index contributed by atoms with van der Waals surface area (Å²) in [6.07, 6.45) is 5.83. The van der Waals surface area contributed by atoms with Crippen LogP contribution in [-0.4, -0.2) is 60.0 Å². The van der Waals surface area contributed by atoms with Crippen molar-refractivity contribution in [3.63, 3.8) is 0 Å². The number of likely N-dealkylation sites (tertiary alicyclic amines) is 2. The predicted molar refractivity (Wildman–Crippen MR) is 107 cm³/mol. The Morgan fingerprint density at radius 1 is 1.23 bits per heavy atom. The first-order valence-electron chi connectivity index (χ1n) is 9.94.